The Bertz CT molecular complexity index is 899. The lowest BCUT2D eigenvalue weighted by Crippen LogP contribution is -2.50. The standard InChI is InChI=1S/C21H28N4O3/c1-14-6-5-11-24(19(14)26)17-9-10-18(22-13-17)23-15-7-8-16(12-15)25(20(27)28)21(2,3)4/h5-6,9-11,13,15-16H,7-8,12H2,1-4H3,(H,22,23)(H,27,28)/t15-,16-/m0/s1. The fourth-order valence-corrected chi connectivity index (χ4v) is 3.94. The summed E-state index contributed by atoms with van der Waals surface area (Å²) in [5.41, 5.74) is 0.920. The molecule has 2 heterocycles. The van der Waals surface area contributed by atoms with E-state index in [0.717, 1.165) is 25.1 Å². The zero-order valence-electron chi connectivity index (χ0n) is 16.8. The van der Waals surface area contributed by atoms with Gasteiger partial charge in [-0.2, -0.15) is 0 Å². The van der Waals surface area contributed by atoms with E-state index in [-0.39, 0.29) is 17.6 Å². The molecule has 2 N–H and O–H groups in total. The van der Waals surface area contributed by atoms with E-state index in [0.29, 0.717) is 11.3 Å². The number of carboxylic acid groups (broad SMARTS) is 1. The molecule has 7 heteroatoms. The van der Waals surface area contributed by atoms with Crippen molar-refractivity contribution in [3.05, 3.63) is 52.6 Å². The van der Waals surface area contributed by atoms with Gasteiger partial charge in [0.15, 0.2) is 0 Å². The molecule has 1 aliphatic rings. The number of carbonyl (C=O) groups is 1. The van der Waals surface area contributed by atoms with Crippen LogP contribution in [0, 0.1) is 6.92 Å². The van der Waals surface area contributed by atoms with Crippen LogP contribution < -0.4 is 10.9 Å². The summed E-state index contributed by atoms with van der Waals surface area (Å²) in [6.07, 6.45) is 5.01. The molecule has 150 valence electrons. The van der Waals surface area contributed by atoms with Crippen LogP contribution in [0.4, 0.5) is 10.6 Å². The van der Waals surface area contributed by atoms with Gasteiger partial charge in [0.2, 0.25) is 0 Å². The van der Waals surface area contributed by atoms with Gasteiger partial charge in [0, 0.05) is 29.4 Å². The van der Waals surface area contributed by atoms with Gasteiger partial charge in [-0.05, 0) is 65.2 Å². The molecule has 0 saturated heterocycles. The number of nitrogens with zero attached hydrogens (tertiary/aromatic N) is 3. The summed E-state index contributed by atoms with van der Waals surface area (Å²) in [5, 5.41) is 13.0. The fourth-order valence-electron chi connectivity index (χ4n) is 3.94. The van der Waals surface area contributed by atoms with Crippen molar-refractivity contribution in [2.24, 2.45) is 0 Å². The second kappa shape index (κ2) is 7.66. The van der Waals surface area contributed by atoms with Crippen LogP contribution in [-0.2, 0) is 0 Å². The first-order valence-corrected chi connectivity index (χ1v) is 9.60. The van der Waals surface area contributed by atoms with Gasteiger partial charge in [-0.3, -0.25) is 9.36 Å². The minimum Gasteiger partial charge on any atom is -0.465 e. The van der Waals surface area contributed by atoms with Crippen LogP contribution in [0.1, 0.15) is 45.6 Å². The Morgan fingerprint density at radius 2 is 2.04 bits per heavy atom. The van der Waals surface area contributed by atoms with Crippen LogP contribution in [-0.4, -0.2) is 43.3 Å². The molecule has 1 fully saturated rings. The molecule has 2 atom stereocenters. The Balaban J connectivity index is 1.68. The summed E-state index contributed by atoms with van der Waals surface area (Å²) >= 11 is 0. The van der Waals surface area contributed by atoms with Gasteiger partial charge >= 0.3 is 6.09 Å². The van der Waals surface area contributed by atoms with Crippen LogP contribution in [0.3, 0.4) is 0 Å². The smallest absolute Gasteiger partial charge is 0.407 e. The first-order valence-electron chi connectivity index (χ1n) is 9.60. The maximum Gasteiger partial charge on any atom is 0.407 e. The van der Waals surface area contributed by atoms with Crippen LogP contribution >= 0.6 is 0 Å². The van der Waals surface area contributed by atoms with Gasteiger partial charge in [-0.15, -0.1) is 0 Å². The predicted molar refractivity (Wildman–Crippen MR) is 109 cm³/mol. The molecule has 1 aliphatic carbocycles. The third-order valence-corrected chi connectivity index (χ3v) is 5.21. The van der Waals surface area contributed by atoms with E-state index in [2.05, 4.69) is 10.3 Å². The summed E-state index contributed by atoms with van der Waals surface area (Å²) in [7, 11) is 0. The van der Waals surface area contributed by atoms with E-state index in [1.54, 1.807) is 34.9 Å². The van der Waals surface area contributed by atoms with Gasteiger partial charge in [-0.25, -0.2) is 9.78 Å². The molecular weight excluding hydrogens is 356 g/mol. The van der Waals surface area contributed by atoms with Crippen LogP contribution in [0.2, 0.25) is 0 Å². The van der Waals surface area contributed by atoms with Crippen molar-refractivity contribution < 1.29 is 9.90 Å². The van der Waals surface area contributed by atoms with Crippen molar-refractivity contribution >= 4 is 11.9 Å². The van der Waals surface area contributed by atoms with Crippen molar-refractivity contribution in [1.82, 2.24) is 14.5 Å². The molecule has 3 rings (SSSR count). The molecule has 0 spiro atoms. The summed E-state index contributed by atoms with van der Waals surface area (Å²) < 4.78 is 1.58. The van der Waals surface area contributed by atoms with Gasteiger partial charge in [0.05, 0.1) is 11.9 Å². The van der Waals surface area contributed by atoms with E-state index in [1.807, 2.05) is 39.0 Å². The Hall–Kier alpha value is -2.83. The molecule has 0 unspecified atom stereocenters. The number of anilines is 1. The molecule has 2 aromatic rings. The van der Waals surface area contributed by atoms with Crippen molar-refractivity contribution in [2.45, 2.75) is 64.6 Å². The molecule has 1 saturated carbocycles. The van der Waals surface area contributed by atoms with E-state index in [9.17, 15) is 14.7 Å². The monoisotopic (exact) mass is 384 g/mol. The lowest BCUT2D eigenvalue weighted by atomic mass is 10.0. The Kier molecular flexibility index (Phi) is 5.45. The van der Waals surface area contributed by atoms with E-state index < -0.39 is 11.6 Å². The molecule has 0 bridgehead atoms. The highest BCUT2D eigenvalue weighted by Gasteiger charge is 2.37. The molecule has 0 aromatic carbocycles. The van der Waals surface area contributed by atoms with Crippen molar-refractivity contribution in [1.29, 1.82) is 0 Å². The highest BCUT2D eigenvalue weighted by Crippen LogP contribution is 2.31. The van der Waals surface area contributed by atoms with Gasteiger partial charge in [0.25, 0.3) is 5.56 Å². The summed E-state index contributed by atoms with van der Waals surface area (Å²) in [4.78, 5) is 29.9. The first-order chi connectivity index (χ1) is 13.2. The molecule has 1 amide bonds. The molecule has 2 aromatic heterocycles. The zero-order chi connectivity index (χ0) is 20.5. The molecule has 7 nitrogen and oxygen atoms in total. The predicted octanol–water partition coefficient (Wildman–Crippen LogP) is 3.65. The number of aromatic nitrogens is 2. The number of aryl methyl sites for hydroxylation is 1. The topological polar surface area (TPSA) is 87.5 Å². The quantitative estimate of drug-likeness (QED) is 0.840. The number of nitrogens with one attached hydrogen (secondary N) is 1. The van der Waals surface area contributed by atoms with Gasteiger partial charge in [0.1, 0.15) is 5.82 Å². The van der Waals surface area contributed by atoms with Gasteiger partial charge < -0.3 is 15.3 Å². The van der Waals surface area contributed by atoms with Crippen molar-refractivity contribution in [3.63, 3.8) is 0 Å². The lowest BCUT2D eigenvalue weighted by molar-refractivity contribution is 0.0718. The number of rotatable bonds is 4. The number of pyridine rings is 2. The largest absolute Gasteiger partial charge is 0.465 e. The number of hydrogen-bond acceptors (Lipinski definition) is 4. The molecule has 28 heavy (non-hydrogen) atoms. The Morgan fingerprint density at radius 1 is 1.29 bits per heavy atom. The third-order valence-electron chi connectivity index (χ3n) is 5.21. The molecular formula is C21H28N4O3. The highest BCUT2D eigenvalue weighted by molar-refractivity contribution is 5.66. The first kappa shape index (κ1) is 19.9. The fraction of sp³-hybridized carbons (Fsp3) is 0.476. The maximum atomic E-state index is 12.2. The van der Waals surface area contributed by atoms with Gasteiger partial charge in [-0.1, -0.05) is 6.07 Å². The SMILES string of the molecule is Cc1cccn(-c2ccc(N[C@H]3CC[C@H](N(C(=O)O)C(C)(C)C)C3)nc2)c1=O. The third kappa shape index (κ3) is 4.18. The van der Waals surface area contributed by atoms with Crippen LogP contribution in [0.25, 0.3) is 5.69 Å². The molecule has 0 radical (unpaired) electrons. The second-order valence-corrected chi connectivity index (χ2v) is 8.40. The average molecular weight is 384 g/mol. The summed E-state index contributed by atoms with van der Waals surface area (Å²) in [5.74, 6) is 0.729. The summed E-state index contributed by atoms with van der Waals surface area (Å²) in [6.45, 7) is 7.57. The number of amides is 1. The Morgan fingerprint density at radius 3 is 2.64 bits per heavy atom. The Labute approximate surface area is 165 Å². The van der Waals surface area contributed by atoms with E-state index in [1.165, 1.54) is 0 Å². The van der Waals surface area contributed by atoms with Crippen molar-refractivity contribution in [3.8, 4) is 5.69 Å². The lowest BCUT2D eigenvalue weighted by Gasteiger charge is -2.38. The van der Waals surface area contributed by atoms with E-state index in [4.69, 9.17) is 0 Å². The molecule has 0 aliphatic heterocycles. The maximum absolute atomic E-state index is 12.2. The zero-order valence-corrected chi connectivity index (χ0v) is 16.8. The highest BCUT2D eigenvalue weighted by atomic mass is 16.4. The minimum absolute atomic E-state index is 0.000134. The number of hydrogen-bond donors (Lipinski definition) is 2. The average Bonchev–Trinajstić information content (AvgIpc) is 3.04. The van der Waals surface area contributed by atoms with E-state index >= 15 is 0 Å². The van der Waals surface area contributed by atoms with Crippen LogP contribution in [0.5, 0.6) is 0 Å². The second-order valence-electron chi connectivity index (χ2n) is 8.40. The van der Waals surface area contributed by atoms with Crippen molar-refractivity contribution in [2.75, 3.05) is 5.32 Å². The normalized spacial score (nSPS) is 19.4. The minimum atomic E-state index is -0.871. The van der Waals surface area contributed by atoms with Crippen LogP contribution in [0.15, 0.2) is 41.5 Å². The summed E-state index contributed by atoms with van der Waals surface area (Å²) in [6, 6.07) is 7.52.